The van der Waals surface area contributed by atoms with Crippen LogP contribution in [0, 0.1) is 0 Å². The zero-order chi connectivity index (χ0) is 18.0. The predicted molar refractivity (Wildman–Crippen MR) is 99.3 cm³/mol. The van der Waals surface area contributed by atoms with E-state index >= 15 is 0 Å². The number of anilines is 2. The number of hydrogen-bond donors (Lipinski definition) is 2. The summed E-state index contributed by atoms with van der Waals surface area (Å²) in [5, 5.41) is 9.42. The summed E-state index contributed by atoms with van der Waals surface area (Å²) >= 11 is 0. The first-order valence-electron chi connectivity index (χ1n) is 8.35. The summed E-state index contributed by atoms with van der Waals surface area (Å²) in [6.45, 7) is 3.82. The van der Waals surface area contributed by atoms with E-state index in [-0.39, 0.29) is 12.0 Å². The molecule has 0 radical (unpaired) electrons. The number of nitrogens with zero attached hydrogens (tertiary/aromatic N) is 5. The van der Waals surface area contributed by atoms with Crippen LogP contribution in [0.15, 0.2) is 30.3 Å². The zero-order valence-electron chi connectivity index (χ0n) is 14.8. The summed E-state index contributed by atoms with van der Waals surface area (Å²) in [6.07, 6.45) is 3.17. The average Bonchev–Trinajstić information content (AvgIpc) is 2.61. The van der Waals surface area contributed by atoms with Crippen molar-refractivity contribution in [3.8, 4) is 5.75 Å². The van der Waals surface area contributed by atoms with Crippen LogP contribution in [0.5, 0.6) is 5.75 Å². The van der Waals surface area contributed by atoms with Crippen molar-refractivity contribution in [3.63, 3.8) is 0 Å². The highest BCUT2D eigenvalue weighted by atomic mass is 16.3. The maximum absolute atomic E-state index is 9.42. The fraction of sp³-hybridized carbons (Fsp3) is 0.389. The normalized spacial score (nSPS) is 16.4. The average molecular weight is 340 g/mol. The van der Waals surface area contributed by atoms with E-state index < -0.39 is 0 Å². The molecule has 1 aliphatic heterocycles. The van der Waals surface area contributed by atoms with Crippen molar-refractivity contribution in [2.45, 2.75) is 19.4 Å². The van der Waals surface area contributed by atoms with Gasteiger partial charge in [-0.3, -0.25) is 4.90 Å². The Morgan fingerprint density at radius 3 is 2.48 bits per heavy atom. The highest BCUT2D eigenvalue weighted by Gasteiger charge is 2.22. The van der Waals surface area contributed by atoms with Gasteiger partial charge in [-0.05, 0) is 36.6 Å². The molecule has 132 valence electrons. The van der Waals surface area contributed by atoms with Gasteiger partial charge in [-0.15, -0.1) is 0 Å². The summed E-state index contributed by atoms with van der Waals surface area (Å²) in [4.78, 5) is 17.1. The third-order valence-electron chi connectivity index (χ3n) is 4.46. The molecule has 3 N–H and O–H groups in total. The van der Waals surface area contributed by atoms with E-state index in [1.807, 2.05) is 31.1 Å². The molecule has 0 saturated heterocycles. The third kappa shape index (κ3) is 3.88. The Balaban J connectivity index is 1.75. The minimum Gasteiger partial charge on any atom is -0.508 e. The molecule has 1 aromatic carbocycles. The van der Waals surface area contributed by atoms with Crippen molar-refractivity contribution < 1.29 is 5.11 Å². The number of phenols is 1. The van der Waals surface area contributed by atoms with E-state index in [1.54, 1.807) is 12.1 Å². The van der Waals surface area contributed by atoms with Gasteiger partial charge in [-0.25, -0.2) is 0 Å². The summed E-state index contributed by atoms with van der Waals surface area (Å²) in [6, 6.07) is 7.41. The Morgan fingerprint density at radius 1 is 1.16 bits per heavy atom. The molecular formula is C18H24N6O. The Hall–Kier alpha value is -2.67. The number of nitrogens with two attached hydrogens (primary N) is 1. The van der Waals surface area contributed by atoms with Crippen LogP contribution in [0.3, 0.4) is 0 Å². The van der Waals surface area contributed by atoms with Crippen molar-refractivity contribution in [1.82, 2.24) is 19.9 Å². The molecule has 2 heterocycles. The highest BCUT2D eigenvalue weighted by Crippen LogP contribution is 2.28. The molecule has 0 bridgehead atoms. The summed E-state index contributed by atoms with van der Waals surface area (Å²) < 4.78 is 0. The van der Waals surface area contributed by atoms with E-state index in [0.29, 0.717) is 17.5 Å². The van der Waals surface area contributed by atoms with Gasteiger partial charge in [-0.1, -0.05) is 18.2 Å². The fourth-order valence-corrected chi connectivity index (χ4v) is 2.92. The molecule has 0 amide bonds. The van der Waals surface area contributed by atoms with Crippen molar-refractivity contribution in [1.29, 1.82) is 0 Å². The number of hydrogen-bond acceptors (Lipinski definition) is 7. The lowest BCUT2D eigenvalue weighted by Gasteiger charge is -2.31. The van der Waals surface area contributed by atoms with Crippen LogP contribution < -0.4 is 10.6 Å². The SMILES string of the molecule is C[C@H](c1nc(N)nc(N(C)C)n1)N1CC=C(c2ccc(O)cc2)CC1. The first-order valence-corrected chi connectivity index (χ1v) is 8.35. The topological polar surface area (TPSA) is 91.4 Å². The van der Waals surface area contributed by atoms with Gasteiger partial charge in [0.1, 0.15) is 5.75 Å². The van der Waals surface area contributed by atoms with E-state index in [4.69, 9.17) is 5.73 Å². The quantitative estimate of drug-likeness (QED) is 0.880. The van der Waals surface area contributed by atoms with Gasteiger partial charge in [0.05, 0.1) is 6.04 Å². The number of nitrogen functional groups attached to an aromatic ring is 1. The van der Waals surface area contributed by atoms with Crippen LogP contribution in [-0.2, 0) is 0 Å². The fourth-order valence-electron chi connectivity index (χ4n) is 2.92. The monoisotopic (exact) mass is 340 g/mol. The molecule has 25 heavy (non-hydrogen) atoms. The molecule has 0 fully saturated rings. The number of aromatic hydroxyl groups is 1. The molecule has 0 spiro atoms. The highest BCUT2D eigenvalue weighted by molar-refractivity contribution is 5.67. The lowest BCUT2D eigenvalue weighted by atomic mass is 9.98. The Labute approximate surface area is 147 Å². The Morgan fingerprint density at radius 2 is 1.88 bits per heavy atom. The van der Waals surface area contributed by atoms with Crippen LogP contribution in [0.25, 0.3) is 5.57 Å². The maximum atomic E-state index is 9.42. The summed E-state index contributed by atoms with van der Waals surface area (Å²) in [7, 11) is 3.77. The predicted octanol–water partition coefficient (Wildman–Crippen LogP) is 2.08. The molecular weight excluding hydrogens is 316 g/mol. The molecule has 3 rings (SSSR count). The van der Waals surface area contributed by atoms with E-state index in [0.717, 1.165) is 25.1 Å². The van der Waals surface area contributed by atoms with E-state index in [2.05, 4.69) is 32.9 Å². The molecule has 0 unspecified atom stereocenters. The second-order valence-corrected chi connectivity index (χ2v) is 6.44. The second kappa shape index (κ2) is 7.06. The van der Waals surface area contributed by atoms with Crippen molar-refractivity contribution in [3.05, 3.63) is 41.7 Å². The number of aromatic nitrogens is 3. The molecule has 7 heteroatoms. The van der Waals surface area contributed by atoms with Gasteiger partial charge in [-0.2, -0.15) is 15.0 Å². The van der Waals surface area contributed by atoms with Crippen molar-refractivity contribution >= 4 is 17.5 Å². The lowest BCUT2D eigenvalue weighted by Crippen LogP contribution is -2.32. The van der Waals surface area contributed by atoms with Crippen LogP contribution in [0.2, 0.25) is 0 Å². The second-order valence-electron chi connectivity index (χ2n) is 6.44. The van der Waals surface area contributed by atoms with E-state index in [1.165, 1.54) is 5.57 Å². The minimum absolute atomic E-state index is 0.0571. The van der Waals surface area contributed by atoms with Crippen LogP contribution in [0.4, 0.5) is 11.9 Å². The smallest absolute Gasteiger partial charge is 0.229 e. The maximum Gasteiger partial charge on any atom is 0.229 e. The third-order valence-corrected chi connectivity index (χ3v) is 4.46. The van der Waals surface area contributed by atoms with Crippen molar-refractivity contribution in [2.24, 2.45) is 0 Å². The van der Waals surface area contributed by atoms with Crippen molar-refractivity contribution in [2.75, 3.05) is 37.8 Å². The first kappa shape index (κ1) is 17.2. The molecule has 2 aromatic rings. The molecule has 1 aliphatic rings. The van der Waals surface area contributed by atoms with Gasteiger partial charge in [0.2, 0.25) is 11.9 Å². The number of benzene rings is 1. The standard InChI is InChI=1S/C18H24N6O/c1-12(16-20-17(19)22-18(21-16)23(2)3)24-10-8-14(9-11-24)13-4-6-15(25)7-5-13/h4-8,12,25H,9-11H2,1-3H3,(H2,19,20,21,22)/t12-/m1/s1. The van der Waals surface area contributed by atoms with Crippen LogP contribution in [0.1, 0.15) is 30.8 Å². The Kier molecular flexibility index (Phi) is 4.85. The van der Waals surface area contributed by atoms with Gasteiger partial charge >= 0.3 is 0 Å². The molecule has 1 aromatic heterocycles. The number of phenolic OH excluding ortho intramolecular Hbond substituents is 1. The van der Waals surface area contributed by atoms with Gasteiger partial charge in [0.25, 0.3) is 0 Å². The van der Waals surface area contributed by atoms with Gasteiger partial charge in [0.15, 0.2) is 5.82 Å². The number of rotatable bonds is 4. The minimum atomic E-state index is 0.0571. The van der Waals surface area contributed by atoms with Gasteiger partial charge < -0.3 is 15.7 Å². The van der Waals surface area contributed by atoms with E-state index in [9.17, 15) is 5.11 Å². The van der Waals surface area contributed by atoms with Gasteiger partial charge in [0, 0.05) is 27.2 Å². The first-order chi connectivity index (χ1) is 11.9. The molecule has 1 atom stereocenters. The molecule has 0 saturated carbocycles. The summed E-state index contributed by atoms with van der Waals surface area (Å²) in [5.41, 5.74) is 8.29. The molecule has 0 aliphatic carbocycles. The van der Waals surface area contributed by atoms with Crippen LogP contribution in [-0.4, -0.2) is 52.1 Å². The lowest BCUT2D eigenvalue weighted by molar-refractivity contribution is 0.225. The zero-order valence-corrected chi connectivity index (χ0v) is 14.8. The largest absolute Gasteiger partial charge is 0.508 e. The summed E-state index contributed by atoms with van der Waals surface area (Å²) in [5.74, 6) is 1.81. The van der Waals surface area contributed by atoms with Crippen LogP contribution >= 0.6 is 0 Å². The Bertz CT molecular complexity index is 772. The molecule has 7 nitrogen and oxygen atoms in total.